The van der Waals surface area contributed by atoms with Crippen LogP contribution >= 0.6 is 0 Å². The summed E-state index contributed by atoms with van der Waals surface area (Å²) in [6.45, 7) is 4.06. The lowest BCUT2D eigenvalue weighted by atomic mass is 10.0. The van der Waals surface area contributed by atoms with E-state index in [2.05, 4.69) is 62.5 Å². The number of ether oxygens (including phenoxy) is 2. The molecule has 266 valence electrons. The average molecular weight is 645 g/mol. The first-order valence-corrected chi connectivity index (χ1v) is 19.2. The minimum absolute atomic E-state index is 0.0930. The van der Waals surface area contributed by atoms with E-state index in [1.807, 2.05) is 0 Å². The summed E-state index contributed by atoms with van der Waals surface area (Å²) in [6, 6.07) is 0. The van der Waals surface area contributed by atoms with E-state index in [0.717, 1.165) is 44.9 Å². The zero-order valence-corrected chi connectivity index (χ0v) is 30.1. The predicted molar refractivity (Wildman–Crippen MR) is 196 cm³/mol. The van der Waals surface area contributed by atoms with E-state index < -0.39 is 6.10 Å². The number of rotatable bonds is 34. The molecule has 0 aromatic rings. The molecule has 1 unspecified atom stereocenters. The van der Waals surface area contributed by atoms with E-state index in [9.17, 15) is 14.7 Å². The van der Waals surface area contributed by atoms with Gasteiger partial charge in [0.25, 0.3) is 0 Å². The highest BCUT2D eigenvalue weighted by molar-refractivity contribution is 5.70. The van der Waals surface area contributed by atoms with Gasteiger partial charge in [0.1, 0.15) is 6.61 Å². The van der Waals surface area contributed by atoms with E-state index in [1.165, 1.54) is 103 Å². The number of carbonyl (C=O) groups excluding carboxylic acids is 2. The van der Waals surface area contributed by atoms with Gasteiger partial charge in [0.15, 0.2) is 6.10 Å². The van der Waals surface area contributed by atoms with Crippen molar-refractivity contribution in [2.45, 2.75) is 187 Å². The first-order valence-electron chi connectivity index (χ1n) is 19.2. The molecule has 0 fully saturated rings. The third-order valence-electron chi connectivity index (χ3n) is 8.13. The van der Waals surface area contributed by atoms with Gasteiger partial charge in [0, 0.05) is 12.8 Å². The Labute approximate surface area is 284 Å². The van der Waals surface area contributed by atoms with Crippen molar-refractivity contribution in [1.82, 2.24) is 0 Å². The number of carbonyl (C=O) groups is 2. The van der Waals surface area contributed by atoms with Crippen molar-refractivity contribution in [3.05, 3.63) is 48.6 Å². The summed E-state index contributed by atoms with van der Waals surface area (Å²) in [6.07, 6.45) is 46.0. The highest BCUT2D eigenvalue weighted by Crippen LogP contribution is 2.14. The Hall–Kier alpha value is -2.14. The van der Waals surface area contributed by atoms with Crippen LogP contribution in [0, 0.1) is 0 Å². The Kier molecular flexibility index (Phi) is 35.6. The van der Waals surface area contributed by atoms with Crippen LogP contribution in [0.5, 0.6) is 0 Å². The lowest BCUT2D eigenvalue weighted by Gasteiger charge is -2.15. The molecule has 0 saturated heterocycles. The summed E-state index contributed by atoms with van der Waals surface area (Å²) in [5.74, 6) is -0.655. The van der Waals surface area contributed by atoms with Gasteiger partial charge in [0.2, 0.25) is 0 Å². The van der Waals surface area contributed by atoms with Gasteiger partial charge in [0.05, 0.1) is 6.61 Å². The molecule has 0 spiro atoms. The fraction of sp³-hybridized carbons (Fsp3) is 0.756. The van der Waals surface area contributed by atoms with Crippen LogP contribution in [0.2, 0.25) is 0 Å². The van der Waals surface area contributed by atoms with Crippen LogP contribution in [0.25, 0.3) is 0 Å². The van der Waals surface area contributed by atoms with Gasteiger partial charge in [-0.2, -0.15) is 0 Å². The first-order chi connectivity index (χ1) is 22.6. The standard InChI is InChI=1S/C41H72O5/c1-3-5-7-9-11-13-15-17-19-20-22-23-25-27-29-31-33-35-40(43)45-38-39(37-42)46-41(44)36-34-32-30-28-26-24-21-18-16-14-12-10-8-6-4-2/h11,13,17,19,22-23,27,29,39,42H,3-10,12,14-16,18,20-21,24-26,28,30-38H2,1-2H3. The number of allylic oxidation sites excluding steroid dienone is 8. The van der Waals surface area contributed by atoms with Crippen LogP contribution in [0.4, 0.5) is 0 Å². The second kappa shape index (κ2) is 37.3. The van der Waals surface area contributed by atoms with Gasteiger partial charge in [-0.1, -0.05) is 165 Å². The molecule has 0 heterocycles. The van der Waals surface area contributed by atoms with Crippen molar-refractivity contribution in [1.29, 1.82) is 0 Å². The molecule has 1 atom stereocenters. The van der Waals surface area contributed by atoms with Gasteiger partial charge < -0.3 is 14.6 Å². The van der Waals surface area contributed by atoms with Crippen LogP contribution in [0.1, 0.15) is 181 Å². The third-order valence-corrected chi connectivity index (χ3v) is 8.13. The summed E-state index contributed by atoms with van der Waals surface area (Å²) < 4.78 is 10.6. The second-order valence-electron chi connectivity index (χ2n) is 12.7. The molecular formula is C41H72O5. The molecule has 0 aliphatic rings. The molecule has 5 nitrogen and oxygen atoms in total. The number of aliphatic hydroxyl groups is 1. The summed E-state index contributed by atoms with van der Waals surface area (Å²) in [5, 5.41) is 9.53. The van der Waals surface area contributed by atoms with E-state index in [4.69, 9.17) is 9.47 Å². The van der Waals surface area contributed by atoms with Gasteiger partial charge in [-0.15, -0.1) is 0 Å². The van der Waals surface area contributed by atoms with Crippen molar-refractivity contribution >= 4 is 11.9 Å². The van der Waals surface area contributed by atoms with Gasteiger partial charge in [-0.25, -0.2) is 0 Å². The van der Waals surface area contributed by atoms with Crippen LogP contribution in [-0.2, 0) is 19.1 Å². The summed E-state index contributed by atoms with van der Waals surface area (Å²) >= 11 is 0. The average Bonchev–Trinajstić information content (AvgIpc) is 3.06. The summed E-state index contributed by atoms with van der Waals surface area (Å²) in [4.78, 5) is 24.2. The predicted octanol–water partition coefficient (Wildman–Crippen LogP) is 11.8. The largest absolute Gasteiger partial charge is 0.462 e. The molecule has 0 saturated carbocycles. The lowest BCUT2D eigenvalue weighted by molar-refractivity contribution is -0.161. The van der Waals surface area contributed by atoms with Gasteiger partial charge >= 0.3 is 11.9 Å². The van der Waals surface area contributed by atoms with Crippen molar-refractivity contribution in [2.75, 3.05) is 13.2 Å². The highest BCUT2D eigenvalue weighted by atomic mass is 16.6. The number of aliphatic hydroxyl groups excluding tert-OH is 1. The zero-order chi connectivity index (χ0) is 33.6. The number of esters is 2. The Balaban J connectivity index is 3.66. The Morgan fingerprint density at radius 3 is 1.37 bits per heavy atom. The third kappa shape index (κ3) is 34.7. The van der Waals surface area contributed by atoms with Crippen molar-refractivity contribution in [2.24, 2.45) is 0 Å². The molecule has 0 bridgehead atoms. The SMILES string of the molecule is CCCCCC=CCC=CCC=CCC=CCCCC(=O)OCC(CO)OC(=O)CCCCCCCCCCCCCCCCC. The summed E-state index contributed by atoms with van der Waals surface area (Å²) in [7, 11) is 0. The van der Waals surface area contributed by atoms with Crippen LogP contribution in [-0.4, -0.2) is 36.4 Å². The monoisotopic (exact) mass is 645 g/mol. The zero-order valence-electron chi connectivity index (χ0n) is 30.1. The Morgan fingerprint density at radius 1 is 0.500 bits per heavy atom. The molecule has 1 N–H and O–H groups in total. The van der Waals surface area contributed by atoms with E-state index in [1.54, 1.807) is 0 Å². The van der Waals surface area contributed by atoms with Crippen LogP contribution in [0.15, 0.2) is 48.6 Å². The Morgan fingerprint density at radius 2 is 0.891 bits per heavy atom. The molecule has 0 aromatic carbocycles. The Bertz CT molecular complexity index is 782. The maximum Gasteiger partial charge on any atom is 0.306 e. The van der Waals surface area contributed by atoms with Crippen LogP contribution < -0.4 is 0 Å². The van der Waals surface area contributed by atoms with E-state index >= 15 is 0 Å². The molecule has 46 heavy (non-hydrogen) atoms. The van der Waals surface area contributed by atoms with Crippen molar-refractivity contribution in [3.8, 4) is 0 Å². The van der Waals surface area contributed by atoms with E-state index in [0.29, 0.717) is 19.3 Å². The van der Waals surface area contributed by atoms with Crippen molar-refractivity contribution in [3.63, 3.8) is 0 Å². The number of hydrogen-bond acceptors (Lipinski definition) is 5. The number of unbranched alkanes of at least 4 members (excludes halogenated alkanes) is 18. The highest BCUT2D eigenvalue weighted by Gasteiger charge is 2.16. The lowest BCUT2D eigenvalue weighted by Crippen LogP contribution is -2.28. The molecular weight excluding hydrogens is 572 g/mol. The maximum absolute atomic E-state index is 12.1. The maximum atomic E-state index is 12.1. The molecule has 0 rings (SSSR count). The van der Waals surface area contributed by atoms with Gasteiger partial charge in [-0.3, -0.25) is 9.59 Å². The molecule has 0 aliphatic heterocycles. The topological polar surface area (TPSA) is 72.8 Å². The summed E-state index contributed by atoms with van der Waals surface area (Å²) in [5.41, 5.74) is 0. The minimum atomic E-state index is -0.790. The first kappa shape index (κ1) is 43.9. The second-order valence-corrected chi connectivity index (χ2v) is 12.7. The normalized spacial score (nSPS) is 12.7. The molecule has 0 radical (unpaired) electrons. The van der Waals surface area contributed by atoms with E-state index in [-0.39, 0.29) is 25.2 Å². The molecule has 0 aliphatic carbocycles. The smallest absolute Gasteiger partial charge is 0.306 e. The molecule has 0 amide bonds. The molecule has 5 heteroatoms. The fourth-order valence-corrected chi connectivity index (χ4v) is 5.19. The molecule has 0 aromatic heterocycles. The van der Waals surface area contributed by atoms with Gasteiger partial charge in [-0.05, 0) is 51.4 Å². The quantitative estimate of drug-likeness (QED) is 0.0429. The van der Waals surface area contributed by atoms with Crippen molar-refractivity contribution < 1.29 is 24.2 Å². The van der Waals surface area contributed by atoms with Crippen LogP contribution in [0.3, 0.4) is 0 Å². The minimum Gasteiger partial charge on any atom is -0.462 e. The fourth-order valence-electron chi connectivity index (χ4n) is 5.19. The number of hydrogen-bond donors (Lipinski definition) is 1.